The number of aliphatic hydroxyl groups is 1. The van der Waals surface area contributed by atoms with Gasteiger partial charge in [-0.15, -0.1) is 11.3 Å². The van der Waals surface area contributed by atoms with Crippen LogP contribution in [0.3, 0.4) is 0 Å². The van der Waals surface area contributed by atoms with Gasteiger partial charge in [0.15, 0.2) is 0 Å². The van der Waals surface area contributed by atoms with Gasteiger partial charge in [-0.1, -0.05) is 18.2 Å². The van der Waals surface area contributed by atoms with E-state index in [-0.39, 0.29) is 23.5 Å². The molecule has 40 heavy (non-hydrogen) atoms. The molecular formula is C30H31N5O4S. The number of hydrogen-bond acceptors (Lipinski definition) is 7. The number of ether oxygens (including phenoxy) is 1. The average Bonchev–Trinajstić information content (AvgIpc) is 3.30. The summed E-state index contributed by atoms with van der Waals surface area (Å²) < 4.78 is 5.89. The lowest BCUT2D eigenvalue weighted by molar-refractivity contribution is 0.00127. The van der Waals surface area contributed by atoms with Gasteiger partial charge in [-0.2, -0.15) is 0 Å². The second-order valence-electron chi connectivity index (χ2n) is 11.0. The molecule has 206 valence electrons. The Morgan fingerprint density at radius 3 is 2.52 bits per heavy atom. The first-order valence-corrected chi connectivity index (χ1v) is 14.1. The lowest BCUT2D eigenvalue weighted by Gasteiger charge is -2.43. The number of β-amino-alcohol motifs (C(OH)–C–C–N with tert-alkyl or cyclic N) is 1. The molecule has 6 rings (SSSR count). The molecule has 3 amide bonds. The first kappa shape index (κ1) is 26.2. The van der Waals surface area contributed by atoms with Crippen LogP contribution in [0.2, 0.25) is 0 Å². The van der Waals surface area contributed by atoms with E-state index in [0.717, 1.165) is 12.3 Å². The number of piperidine rings is 1. The van der Waals surface area contributed by atoms with Gasteiger partial charge in [0.05, 0.1) is 34.6 Å². The maximum absolute atomic E-state index is 13.4. The van der Waals surface area contributed by atoms with Gasteiger partial charge < -0.3 is 20.5 Å². The Bertz CT molecular complexity index is 1570. The van der Waals surface area contributed by atoms with E-state index in [0.29, 0.717) is 50.9 Å². The zero-order valence-electron chi connectivity index (χ0n) is 22.5. The summed E-state index contributed by atoms with van der Waals surface area (Å²) in [6.07, 6.45) is 1.59. The van der Waals surface area contributed by atoms with Crippen LogP contribution in [0.15, 0.2) is 66.9 Å². The number of urea groups is 1. The van der Waals surface area contributed by atoms with Crippen molar-refractivity contribution in [1.82, 2.24) is 15.2 Å². The number of likely N-dealkylation sites (tertiary alicyclic amines) is 1. The van der Waals surface area contributed by atoms with Gasteiger partial charge in [0.1, 0.15) is 21.2 Å². The minimum atomic E-state index is -0.685. The normalized spacial score (nSPS) is 19.4. The molecule has 2 aromatic heterocycles. The third kappa shape index (κ3) is 4.90. The van der Waals surface area contributed by atoms with Crippen LogP contribution >= 0.6 is 11.3 Å². The summed E-state index contributed by atoms with van der Waals surface area (Å²) in [5.74, 6) is 1.05. The van der Waals surface area contributed by atoms with Crippen LogP contribution in [0.25, 0.3) is 10.2 Å². The molecule has 2 aromatic carbocycles. The molecule has 10 heteroatoms. The molecule has 0 radical (unpaired) electrons. The van der Waals surface area contributed by atoms with E-state index in [9.17, 15) is 14.7 Å². The van der Waals surface area contributed by atoms with E-state index in [4.69, 9.17) is 4.74 Å². The molecule has 1 saturated heterocycles. The predicted octanol–water partition coefficient (Wildman–Crippen LogP) is 5.74. The number of rotatable bonds is 5. The molecule has 2 aliphatic rings. The van der Waals surface area contributed by atoms with Crippen molar-refractivity contribution in [2.75, 3.05) is 23.3 Å². The first-order chi connectivity index (χ1) is 19.2. The number of nitrogens with one attached hydrogen (secondary N) is 2. The highest BCUT2D eigenvalue weighted by Crippen LogP contribution is 2.46. The number of thiophene rings is 1. The van der Waals surface area contributed by atoms with E-state index >= 15 is 0 Å². The van der Waals surface area contributed by atoms with Crippen molar-refractivity contribution in [3.05, 3.63) is 71.7 Å². The molecule has 2 atom stereocenters. The quantitative estimate of drug-likeness (QED) is 0.289. The van der Waals surface area contributed by atoms with Crippen LogP contribution in [0.4, 0.5) is 21.9 Å². The Kier molecular flexibility index (Phi) is 6.69. The molecule has 4 heterocycles. The first-order valence-electron chi connectivity index (χ1n) is 13.3. The highest BCUT2D eigenvalue weighted by molar-refractivity contribution is 7.21. The molecule has 0 saturated carbocycles. The number of carbonyl (C=O) groups is 2. The Labute approximate surface area is 236 Å². The summed E-state index contributed by atoms with van der Waals surface area (Å²) in [4.78, 5) is 36.1. The molecule has 2 aliphatic heterocycles. The fourth-order valence-corrected chi connectivity index (χ4v) is 6.25. The number of carbonyl (C=O) groups excluding carboxylic acids is 2. The summed E-state index contributed by atoms with van der Waals surface area (Å²) in [6, 6.07) is 17.8. The molecule has 4 aromatic rings. The van der Waals surface area contributed by atoms with Crippen LogP contribution < -0.4 is 20.3 Å². The van der Waals surface area contributed by atoms with Crippen LogP contribution in [0.1, 0.15) is 36.9 Å². The summed E-state index contributed by atoms with van der Waals surface area (Å²) >= 11 is 1.23. The summed E-state index contributed by atoms with van der Waals surface area (Å²) in [5.41, 5.74) is 1.70. The van der Waals surface area contributed by atoms with Crippen molar-refractivity contribution in [2.24, 2.45) is 0 Å². The lowest BCUT2D eigenvalue weighted by Crippen LogP contribution is -2.58. The van der Waals surface area contributed by atoms with Crippen molar-refractivity contribution in [2.45, 2.75) is 44.9 Å². The second-order valence-corrected chi connectivity index (χ2v) is 12.0. The fourth-order valence-electron chi connectivity index (χ4n) is 5.23. The number of nitrogens with zero attached hydrogens (tertiary/aromatic N) is 3. The third-order valence-electron chi connectivity index (χ3n) is 7.37. The Hall–Kier alpha value is -3.99. The van der Waals surface area contributed by atoms with Gasteiger partial charge >= 0.3 is 6.03 Å². The number of amides is 3. The van der Waals surface area contributed by atoms with Gasteiger partial charge in [0.25, 0.3) is 5.91 Å². The van der Waals surface area contributed by atoms with Gasteiger partial charge in [-0.3, -0.25) is 14.6 Å². The van der Waals surface area contributed by atoms with Crippen molar-refractivity contribution in [3.63, 3.8) is 0 Å². The molecular weight excluding hydrogens is 526 g/mol. The molecule has 9 nitrogen and oxygen atoms in total. The molecule has 0 unspecified atom stereocenters. The standard InChI is InChI=1S/C30H31N5O4S/c1-30(2,3)34-16-14-21(23(36)17-34)32-27(37)26-25-24-22(13-15-31-28(24)40-26)35(29(38)33-25)18-9-11-20(12-10-18)39-19-7-5-4-6-8-19/h4-13,15,21,23,36H,14,16-17H2,1-3H3,(H,32,37)(H,33,38)/t21-,23+/m1/s1. The Morgan fingerprint density at radius 1 is 1.10 bits per heavy atom. The lowest BCUT2D eigenvalue weighted by atomic mass is 9.96. The van der Waals surface area contributed by atoms with Gasteiger partial charge in [-0.05, 0) is 69.7 Å². The Morgan fingerprint density at radius 2 is 1.82 bits per heavy atom. The number of para-hydroxylation sites is 1. The van der Waals surface area contributed by atoms with Gasteiger partial charge in [0.2, 0.25) is 0 Å². The Balaban J connectivity index is 1.25. The number of benzene rings is 2. The van der Waals surface area contributed by atoms with Crippen LogP contribution in [0, 0.1) is 0 Å². The molecule has 3 N–H and O–H groups in total. The van der Waals surface area contributed by atoms with Gasteiger partial charge in [0, 0.05) is 24.8 Å². The minimum Gasteiger partial charge on any atom is -0.457 e. The number of pyridine rings is 1. The topological polar surface area (TPSA) is 107 Å². The van der Waals surface area contributed by atoms with E-state index in [1.807, 2.05) is 54.6 Å². The molecule has 0 spiro atoms. The molecule has 0 aliphatic carbocycles. The van der Waals surface area contributed by atoms with Crippen molar-refractivity contribution in [1.29, 1.82) is 0 Å². The highest BCUT2D eigenvalue weighted by atomic mass is 32.1. The van der Waals surface area contributed by atoms with Gasteiger partial charge in [-0.25, -0.2) is 9.78 Å². The average molecular weight is 558 g/mol. The zero-order valence-corrected chi connectivity index (χ0v) is 23.4. The summed E-state index contributed by atoms with van der Waals surface area (Å²) in [6.45, 7) is 7.61. The third-order valence-corrected chi connectivity index (χ3v) is 8.47. The SMILES string of the molecule is CC(C)(C)N1CC[C@@H](NC(=O)c2sc3nccc4c3c2NC(=O)N4c2ccc(Oc3ccccc3)cc2)[C@@H](O)C1. The smallest absolute Gasteiger partial charge is 0.331 e. The number of aromatic nitrogens is 1. The van der Waals surface area contributed by atoms with Crippen LogP contribution in [-0.2, 0) is 0 Å². The maximum atomic E-state index is 13.4. The zero-order chi connectivity index (χ0) is 28.0. The minimum absolute atomic E-state index is 0.0565. The monoisotopic (exact) mass is 557 g/mol. The van der Waals surface area contributed by atoms with E-state index in [1.54, 1.807) is 17.2 Å². The maximum Gasteiger partial charge on any atom is 0.331 e. The molecule has 0 bridgehead atoms. The summed E-state index contributed by atoms with van der Waals surface area (Å²) in [5, 5.41) is 17.4. The van der Waals surface area contributed by atoms with Crippen molar-refractivity contribution >= 4 is 50.6 Å². The second kappa shape index (κ2) is 10.2. The number of anilines is 3. The van der Waals surface area contributed by atoms with Crippen molar-refractivity contribution < 1.29 is 19.4 Å². The number of aliphatic hydroxyl groups excluding tert-OH is 1. The fraction of sp³-hybridized carbons (Fsp3) is 0.300. The number of hydrogen-bond donors (Lipinski definition) is 3. The van der Waals surface area contributed by atoms with E-state index in [2.05, 4.69) is 41.3 Å². The van der Waals surface area contributed by atoms with Crippen LogP contribution in [-0.4, -0.2) is 57.7 Å². The van der Waals surface area contributed by atoms with Crippen LogP contribution in [0.5, 0.6) is 11.5 Å². The molecule has 1 fully saturated rings. The van der Waals surface area contributed by atoms with E-state index < -0.39 is 6.10 Å². The van der Waals surface area contributed by atoms with E-state index in [1.165, 1.54) is 11.3 Å². The highest BCUT2D eigenvalue weighted by Gasteiger charge is 2.36. The van der Waals surface area contributed by atoms with Crippen molar-refractivity contribution in [3.8, 4) is 11.5 Å². The predicted molar refractivity (Wildman–Crippen MR) is 157 cm³/mol. The largest absolute Gasteiger partial charge is 0.457 e. The summed E-state index contributed by atoms with van der Waals surface area (Å²) in [7, 11) is 0.